The molecular weight excluding hydrogens is 276 g/mol. The fraction of sp³-hybridized carbons (Fsp3) is 0.692. The fourth-order valence-electron chi connectivity index (χ4n) is 1.54. The highest BCUT2D eigenvalue weighted by Crippen LogP contribution is 2.32. The highest BCUT2D eigenvalue weighted by molar-refractivity contribution is 5.61. The number of hydrogen-bond donors (Lipinski definition) is 1. The molecule has 1 N–H and O–H groups in total. The first-order valence-electron chi connectivity index (χ1n) is 6.90. The molecule has 0 fully saturated rings. The summed E-state index contributed by atoms with van der Waals surface area (Å²) in [6.45, 7) is 7.01. The molecule has 0 spiro atoms. The molecule has 0 unspecified atom stereocenters. The molecule has 1 rings (SSSR count). The molecule has 1 heterocycles. The largest absolute Gasteiger partial charge is 0.472 e. The van der Waals surface area contributed by atoms with Gasteiger partial charge in [0.05, 0.1) is 18.1 Å². The third-order valence-corrected chi connectivity index (χ3v) is 2.55. The lowest BCUT2D eigenvalue weighted by Crippen LogP contribution is -2.15. The van der Waals surface area contributed by atoms with Crippen LogP contribution < -0.4 is 10.1 Å². The van der Waals surface area contributed by atoms with Gasteiger partial charge in [0, 0.05) is 20.1 Å². The molecule has 0 aromatic carbocycles. The molecule has 0 amide bonds. The number of nitro groups is 1. The van der Waals surface area contributed by atoms with E-state index >= 15 is 0 Å². The second-order valence-electron chi connectivity index (χ2n) is 4.88. The van der Waals surface area contributed by atoms with Crippen LogP contribution in [0.2, 0.25) is 0 Å². The minimum atomic E-state index is -0.524. The van der Waals surface area contributed by atoms with Crippen molar-refractivity contribution in [3.05, 3.63) is 15.9 Å². The molecule has 21 heavy (non-hydrogen) atoms. The zero-order valence-corrected chi connectivity index (χ0v) is 12.9. The fourth-order valence-corrected chi connectivity index (χ4v) is 1.54. The van der Waals surface area contributed by atoms with Crippen molar-refractivity contribution in [3.63, 3.8) is 0 Å². The van der Waals surface area contributed by atoms with Gasteiger partial charge in [-0.2, -0.15) is 4.98 Å². The Bertz CT molecular complexity index is 479. The first-order chi connectivity index (χ1) is 9.99. The smallest absolute Gasteiger partial charge is 0.372 e. The molecule has 118 valence electrons. The summed E-state index contributed by atoms with van der Waals surface area (Å²) in [4.78, 5) is 19.1. The van der Waals surface area contributed by atoms with E-state index in [2.05, 4.69) is 15.3 Å². The van der Waals surface area contributed by atoms with Crippen molar-refractivity contribution < 1.29 is 14.4 Å². The summed E-state index contributed by atoms with van der Waals surface area (Å²) in [6.07, 6.45) is 0.564. The Morgan fingerprint density at radius 3 is 2.62 bits per heavy atom. The maximum Gasteiger partial charge on any atom is 0.372 e. The topological polar surface area (TPSA) is 99.4 Å². The second kappa shape index (κ2) is 8.35. The van der Waals surface area contributed by atoms with Gasteiger partial charge in [0.2, 0.25) is 5.82 Å². The van der Waals surface area contributed by atoms with Gasteiger partial charge in [-0.05, 0) is 5.92 Å². The van der Waals surface area contributed by atoms with E-state index in [9.17, 15) is 10.1 Å². The lowest BCUT2D eigenvalue weighted by Gasteiger charge is -2.12. The lowest BCUT2D eigenvalue weighted by molar-refractivity contribution is -0.385. The van der Waals surface area contributed by atoms with Crippen LogP contribution in [0.5, 0.6) is 5.88 Å². The number of rotatable bonds is 9. The summed E-state index contributed by atoms with van der Waals surface area (Å²) in [5, 5.41) is 14.2. The third kappa shape index (κ3) is 5.14. The van der Waals surface area contributed by atoms with Crippen molar-refractivity contribution in [2.75, 3.05) is 32.2 Å². The predicted octanol–water partition coefficient (Wildman–Crippen LogP) is 2.04. The number of nitrogens with one attached hydrogen (secondary N) is 1. The van der Waals surface area contributed by atoms with Gasteiger partial charge < -0.3 is 14.8 Å². The highest BCUT2D eigenvalue weighted by Gasteiger charge is 2.26. The van der Waals surface area contributed by atoms with Crippen LogP contribution in [-0.2, 0) is 11.2 Å². The number of nitrogens with zero attached hydrogens (tertiary/aromatic N) is 3. The molecular formula is C13H22N4O4. The zero-order chi connectivity index (χ0) is 15.8. The van der Waals surface area contributed by atoms with Crippen molar-refractivity contribution >= 4 is 11.5 Å². The first-order valence-corrected chi connectivity index (χ1v) is 6.90. The second-order valence-corrected chi connectivity index (χ2v) is 4.88. The SMILES string of the molecule is CCc1nc(NCCOC)c([N+](=O)[O-])c(OCC(C)C)n1. The van der Waals surface area contributed by atoms with E-state index in [-0.39, 0.29) is 23.3 Å². The monoisotopic (exact) mass is 298 g/mol. The average molecular weight is 298 g/mol. The molecule has 0 bridgehead atoms. The van der Waals surface area contributed by atoms with E-state index in [1.165, 1.54) is 0 Å². The molecule has 0 aliphatic heterocycles. The van der Waals surface area contributed by atoms with E-state index < -0.39 is 4.92 Å². The summed E-state index contributed by atoms with van der Waals surface area (Å²) in [5.74, 6) is 0.928. The quantitative estimate of drug-likeness (QED) is 0.423. The van der Waals surface area contributed by atoms with Crippen molar-refractivity contribution in [2.24, 2.45) is 5.92 Å². The van der Waals surface area contributed by atoms with Crippen molar-refractivity contribution in [1.82, 2.24) is 9.97 Å². The van der Waals surface area contributed by atoms with Gasteiger partial charge in [0.1, 0.15) is 5.82 Å². The van der Waals surface area contributed by atoms with Gasteiger partial charge in [-0.25, -0.2) is 4.98 Å². The number of anilines is 1. The summed E-state index contributed by atoms with van der Waals surface area (Å²) >= 11 is 0. The van der Waals surface area contributed by atoms with Crippen LogP contribution in [0, 0.1) is 16.0 Å². The van der Waals surface area contributed by atoms with Crippen LogP contribution in [0.3, 0.4) is 0 Å². The number of ether oxygens (including phenoxy) is 2. The maximum atomic E-state index is 11.3. The highest BCUT2D eigenvalue weighted by atomic mass is 16.6. The molecule has 0 saturated heterocycles. The minimum Gasteiger partial charge on any atom is -0.472 e. The van der Waals surface area contributed by atoms with Gasteiger partial charge in [-0.3, -0.25) is 10.1 Å². The summed E-state index contributed by atoms with van der Waals surface area (Å²) in [7, 11) is 1.56. The van der Waals surface area contributed by atoms with E-state index in [1.807, 2.05) is 20.8 Å². The number of aromatic nitrogens is 2. The number of hydrogen-bond acceptors (Lipinski definition) is 7. The predicted molar refractivity (Wildman–Crippen MR) is 78.8 cm³/mol. The van der Waals surface area contributed by atoms with E-state index in [4.69, 9.17) is 9.47 Å². The Morgan fingerprint density at radius 1 is 1.38 bits per heavy atom. The van der Waals surface area contributed by atoms with Crippen LogP contribution in [0.1, 0.15) is 26.6 Å². The van der Waals surface area contributed by atoms with E-state index in [0.29, 0.717) is 32.0 Å². The zero-order valence-electron chi connectivity index (χ0n) is 12.9. The molecule has 0 atom stereocenters. The van der Waals surface area contributed by atoms with Crippen molar-refractivity contribution in [2.45, 2.75) is 27.2 Å². The number of aryl methyl sites for hydroxylation is 1. The summed E-state index contributed by atoms with van der Waals surface area (Å²) in [6, 6.07) is 0. The maximum absolute atomic E-state index is 11.3. The first kappa shape index (κ1) is 17.1. The molecule has 8 nitrogen and oxygen atoms in total. The van der Waals surface area contributed by atoms with E-state index in [1.54, 1.807) is 7.11 Å². The van der Waals surface area contributed by atoms with Crippen LogP contribution >= 0.6 is 0 Å². The third-order valence-electron chi connectivity index (χ3n) is 2.55. The summed E-state index contributed by atoms with van der Waals surface area (Å²) in [5.41, 5.74) is -0.232. The molecule has 8 heteroatoms. The van der Waals surface area contributed by atoms with Crippen LogP contribution in [-0.4, -0.2) is 41.8 Å². The Morgan fingerprint density at radius 2 is 2.10 bits per heavy atom. The van der Waals surface area contributed by atoms with Crippen molar-refractivity contribution in [1.29, 1.82) is 0 Å². The minimum absolute atomic E-state index is 0.0143. The molecule has 1 aromatic heterocycles. The standard InChI is InChI=1S/C13H22N4O4/c1-5-10-15-12(14-6-7-20-4)11(17(18)19)13(16-10)21-8-9(2)3/h9H,5-8H2,1-4H3,(H,14,15,16). The van der Waals surface area contributed by atoms with Crippen LogP contribution in [0.25, 0.3) is 0 Å². The molecule has 1 aromatic rings. The molecule has 0 aliphatic carbocycles. The normalized spacial score (nSPS) is 10.7. The van der Waals surface area contributed by atoms with Gasteiger partial charge in [0.15, 0.2) is 0 Å². The Kier molecular flexibility index (Phi) is 6.80. The molecule has 0 radical (unpaired) electrons. The Labute approximate surface area is 124 Å². The lowest BCUT2D eigenvalue weighted by atomic mass is 10.2. The average Bonchev–Trinajstić information content (AvgIpc) is 2.44. The van der Waals surface area contributed by atoms with Crippen LogP contribution in [0.4, 0.5) is 11.5 Å². The van der Waals surface area contributed by atoms with Gasteiger partial charge in [-0.15, -0.1) is 0 Å². The number of methoxy groups -OCH3 is 1. The van der Waals surface area contributed by atoms with Gasteiger partial charge in [-0.1, -0.05) is 20.8 Å². The molecule has 0 aliphatic rings. The van der Waals surface area contributed by atoms with Gasteiger partial charge in [0.25, 0.3) is 5.88 Å². The Balaban J connectivity index is 3.12. The van der Waals surface area contributed by atoms with Gasteiger partial charge >= 0.3 is 5.69 Å². The van der Waals surface area contributed by atoms with Crippen molar-refractivity contribution in [3.8, 4) is 5.88 Å². The summed E-state index contributed by atoms with van der Waals surface area (Å²) < 4.78 is 10.4. The molecule has 0 saturated carbocycles. The Hall–Kier alpha value is -1.96. The van der Waals surface area contributed by atoms with E-state index in [0.717, 1.165) is 0 Å². The van der Waals surface area contributed by atoms with Crippen LogP contribution in [0.15, 0.2) is 0 Å².